The molecule has 1 saturated carbocycles. The second-order valence-electron chi connectivity index (χ2n) is 2.73. The van der Waals surface area contributed by atoms with Crippen LogP contribution in [0.15, 0.2) is 0 Å². The SMILES string of the molecule is OC[C@H]1C[C@@H](O)[C@H](O)[C@H]1O. The molecule has 4 nitrogen and oxygen atoms in total. The summed E-state index contributed by atoms with van der Waals surface area (Å²) in [6.07, 6.45) is -2.66. The Morgan fingerprint density at radius 3 is 1.90 bits per heavy atom. The number of hydrogen-bond acceptors (Lipinski definition) is 4. The Balaban J connectivity index is 2.53. The van der Waals surface area contributed by atoms with Crippen molar-refractivity contribution in [3.63, 3.8) is 0 Å². The fraction of sp³-hybridized carbons (Fsp3) is 1.00. The monoisotopic (exact) mass is 148 g/mol. The predicted octanol–water partition coefficient (Wildman–Crippen LogP) is -1.92. The van der Waals surface area contributed by atoms with Gasteiger partial charge in [0.15, 0.2) is 0 Å². The van der Waals surface area contributed by atoms with Gasteiger partial charge in [0.2, 0.25) is 0 Å². The molecule has 0 aliphatic heterocycles. The lowest BCUT2D eigenvalue weighted by Crippen LogP contribution is -2.31. The van der Waals surface area contributed by atoms with Crippen LogP contribution in [-0.2, 0) is 0 Å². The fourth-order valence-corrected chi connectivity index (χ4v) is 1.28. The predicted molar refractivity (Wildman–Crippen MR) is 33.2 cm³/mol. The molecule has 4 heteroatoms. The lowest BCUT2D eigenvalue weighted by molar-refractivity contribution is -0.0302. The van der Waals surface area contributed by atoms with Gasteiger partial charge in [-0.2, -0.15) is 0 Å². The number of rotatable bonds is 1. The van der Waals surface area contributed by atoms with E-state index in [-0.39, 0.29) is 18.9 Å². The molecule has 4 atom stereocenters. The molecule has 0 saturated heterocycles. The smallest absolute Gasteiger partial charge is 0.106 e. The summed E-state index contributed by atoms with van der Waals surface area (Å²) >= 11 is 0. The molecule has 0 aromatic heterocycles. The highest BCUT2D eigenvalue weighted by Gasteiger charge is 2.39. The maximum atomic E-state index is 9.06. The minimum atomic E-state index is -1.09. The van der Waals surface area contributed by atoms with Crippen molar-refractivity contribution in [1.29, 1.82) is 0 Å². The molecule has 0 aromatic carbocycles. The van der Waals surface area contributed by atoms with Crippen molar-refractivity contribution in [3.8, 4) is 0 Å². The Morgan fingerprint density at radius 1 is 1.10 bits per heavy atom. The van der Waals surface area contributed by atoms with Gasteiger partial charge >= 0.3 is 0 Å². The van der Waals surface area contributed by atoms with Crippen molar-refractivity contribution in [3.05, 3.63) is 0 Å². The summed E-state index contributed by atoms with van der Waals surface area (Å²) in [5.41, 5.74) is 0. The number of aliphatic hydroxyl groups excluding tert-OH is 4. The van der Waals surface area contributed by atoms with E-state index in [0.29, 0.717) is 0 Å². The summed E-state index contributed by atoms with van der Waals surface area (Å²) in [4.78, 5) is 0. The average molecular weight is 148 g/mol. The molecule has 1 rings (SSSR count). The van der Waals surface area contributed by atoms with Gasteiger partial charge in [0.05, 0.1) is 12.2 Å². The van der Waals surface area contributed by atoms with Crippen LogP contribution in [0, 0.1) is 5.92 Å². The minimum absolute atomic E-state index is 0.185. The molecule has 10 heavy (non-hydrogen) atoms. The fourth-order valence-electron chi connectivity index (χ4n) is 1.28. The highest BCUT2D eigenvalue weighted by molar-refractivity contribution is 4.90. The molecule has 0 amide bonds. The first kappa shape index (κ1) is 7.94. The zero-order valence-corrected chi connectivity index (χ0v) is 5.51. The summed E-state index contributed by atoms with van der Waals surface area (Å²) in [6, 6.07) is 0. The van der Waals surface area contributed by atoms with Crippen LogP contribution in [0.4, 0.5) is 0 Å². The van der Waals surface area contributed by atoms with E-state index in [2.05, 4.69) is 0 Å². The van der Waals surface area contributed by atoms with Gasteiger partial charge < -0.3 is 20.4 Å². The zero-order valence-electron chi connectivity index (χ0n) is 5.51. The van der Waals surface area contributed by atoms with E-state index in [1.165, 1.54) is 0 Å². The molecule has 4 N–H and O–H groups in total. The highest BCUT2D eigenvalue weighted by Crippen LogP contribution is 2.25. The van der Waals surface area contributed by atoms with Crippen molar-refractivity contribution >= 4 is 0 Å². The molecule has 0 radical (unpaired) electrons. The van der Waals surface area contributed by atoms with E-state index in [4.69, 9.17) is 20.4 Å². The largest absolute Gasteiger partial charge is 0.396 e. The third kappa shape index (κ3) is 1.15. The quantitative estimate of drug-likeness (QED) is 0.349. The van der Waals surface area contributed by atoms with Crippen molar-refractivity contribution < 1.29 is 20.4 Å². The number of hydrogen-bond donors (Lipinski definition) is 4. The van der Waals surface area contributed by atoms with Gasteiger partial charge in [-0.25, -0.2) is 0 Å². The molecule has 1 fully saturated rings. The molecule has 1 aliphatic rings. The molecule has 0 spiro atoms. The van der Waals surface area contributed by atoms with Crippen LogP contribution in [0.5, 0.6) is 0 Å². The molecule has 0 heterocycles. The first-order chi connectivity index (χ1) is 4.66. The van der Waals surface area contributed by atoms with Gasteiger partial charge in [-0.1, -0.05) is 0 Å². The summed E-state index contributed by atoms with van der Waals surface area (Å²) in [6.45, 7) is -0.185. The van der Waals surface area contributed by atoms with Gasteiger partial charge in [0, 0.05) is 12.5 Å². The van der Waals surface area contributed by atoms with Gasteiger partial charge in [0.1, 0.15) is 6.10 Å². The maximum Gasteiger partial charge on any atom is 0.106 e. The topological polar surface area (TPSA) is 80.9 Å². The van der Waals surface area contributed by atoms with Gasteiger partial charge in [0.25, 0.3) is 0 Å². The second kappa shape index (κ2) is 2.84. The standard InChI is InChI=1S/C6H12O4/c7-2-3-1-4(8)6(10)5(3)9/h3-10H,1-2H2/t3-,4-,5+,6+/m1/s1. The highest BCUT2D eigenvalue weighted by atomic mass is 16.4. The van der Waals surface area contributed by atoms with Crippen molar-refractivity contribution in [1.82, 2.24) is 0 Å². The maximum absolute atomic E-state index is 9.06. The van der Waals surface area contributed by atoms with Gasteiger partial charge in [-0.3, -0.25) is 0 Å². The Hall–Kier alpha value is -0.160. The summed E-state index contributed by atoms with van der Waals surface area (Å²) in [5, 5.41) is 35.6. The molecule has 60 valence electrons. The summed E-state index contributed by atoms with van der Waals surface area (Å²) in [5.74, 6) is -0.370. The normalized spacial score (nSPS) is 48.0. The van der Waals surface area contributed by atoms with Gasteiger partial charge in [-0.15, -0.1) is 0 Å². The van der Waals surface area contributed by atoms with Crippen LogP contribution in [0.25, 0.3) is 0 Å². The van der Waals surface area contributed by atoms with E-state index < -0.39 is 18.3 Å². The van der Waals surface area contributed by atoms with E-state index in [0.717, 1.165) is 0 Å². The Bertz CT molecular complexity index is 116. The summed E-state index contributed by atoms with van der Waals surface area (Å²) in [7, 11) is 0. The van der Waals surface area contributed by atoms with Crippen LogP contribution >= 0.6 is 0 Å². The van der Waals surface area contributed by atoms with Crippen LogP contribution in [0.3, 0.4) is 0 Å². The first-order valence-corrected chi connectivity index (χ1v) is 3.32. The molecular formula is C6H12O4. The Labute approximate surface area is 58.7 Å². The Kier molecular flexibility index (Phi) is 2.25. The van der Waals surface area contributed by atoms with Gasteiger partial charge in [-0.05, 0) is 6.42 Å². The second-order valence-corrected chi connectivity index (χ2v) is 2.73. The van der Waals surface area contributed by atoms with E-state index in [9.17, 15) is 0 Å². The van der Waals surface area contributed by atoms with Crippen LogP contribution < -0.4 is 0 Å². The molecule has 0 aromatic rings. The molecule has 0 bridgehead atoms. The molecule has 0 unspecified atom stereocenters. The lowest BCUT2D eigenvalue weighted by Gasteiger charge is -2.12. The van der Waals surface area contributed by atoms with E-state index >= 15 is 0 Å². The van der Waals surface area contributed by atoms with Crippen LogP contribution in [0.1, 0.15) is 6.42 Å². The third-order valence-corrected chi connectivity index (χ3v) is 2.01. The average Bonchev–Trinajstić information content (AvgIpc) is 2.17. The van der Waals surface area contributed by atoms with E-state index in [1.807, 2.05) is 0 Å². The summed E-state index contributed by atoms with van der Waals surface area (Å²) < 4.78 is 0. The van der Waals surface area contributed by atoms with Crippen LogP contribution in [-0.4, -0.2) is 45.3 Å². The Morgan fingerprint density at radius 2 is 1.70 bits per heavy atom. The molecule has 1 aliphatic carbocycles. The molecular weight excluding hydrogens is 136 g/mol. The van der Waals surface area contributed by atoms with E-state index in [1.54, 1.807) is 0 Å². The zero-order chi connectivity index (χ0) is 7.72. The number of aliphatic hydroxyl groups is 4. The van der Waals surface area contributed by atoms with Crippen LogP contribution in [0.2, 0.25) is 0 Å². The first-order valence-electron chi connectivity index (χ1n) is 3.32. The third-order valence-electron chi connectivity index (χ3n) is 2.01. The minimum Gasteiger partial charge on any atom is -0.396 e. The van der Waals surface area contributed by atoms with Crippen molar-refractivity contribution in [2.24, 2.45) is 5.92 Å². The lowest BCUT2D eigenvalue weighted by atomic mass is 10.1. The van der Waals surface area contributed by atoms with Crippen molar-refractivity contribution in [2.75, 3.05) is 6.61 Å². The van der Waals surface area contributed by atoms with Crippen molar-refractivity contribution in [2.45, 2.75) is 24.7 Å².